The van der Waals surface area contributed by atoms with Crippen molar-refractivity contribution in [2.75, 3.05) is 19.3 Å². The average molecular weight is 388 g/mol. The lowest BCUT2D eigenvalue weighted by Gasteiger charge is -2.22. The fourth-order valence-electron chi connectivity index (χ4n) is 2.53. The second-order valence-corrected chi connectivity index (χ2v) is 5.98. The highest BCUT2D eigenvalue weighted by molar-refractivity contribution is 6.30. The first kappa shape index (κ1) is 18.8. The van der Waals surface area contributed by atoms with Crippen molar-refractivity contribution in [1.82, 2.24) is 9.78 Å². The number of nitrogens with zero attached hydrogens (tertiary/aromatic N) is 3. The molecule has 0 saturated carbocycles. The topological polar surface area (TPSA) is 65.8 Å². The molecule has 3 aromatic rings. The molecule has 0 aliphatic heterocycles. The molecule has 0 atom stereocenters. The number of hydrogen-bond donors (Lipinski definition) is 0. The first-order valence-electron chi connectivity index (χ1n) is 8.04. The first-order valence-corrected chi connectivity index (χ1v) is 8.42. The van der Waals surface area contributed by atoms with E-state index in [2.05, 4.69) is 5.10 Å². The molecule has 140 valence electrons. The number of hydroxylamine groups is 1. The molecule has 1 heterocycles. The Kier molecular flexibility index (Phi) is 5.63. The van der Waals surface area contributed by atoms with E-state index in [1.54, 1.807) is 35.1 Å². The van der Waals surface area contributed by atoms with Gasteiger partial charge in [0.15, 0.2) is 5.75 Å². The van der Waals surface area contributed by atoms with E-state index >= 15 is 0 Å². The lowest BCUT2D eigenvalue weighted by molar-refractivity contribution is 0.115. The van der Waals surface area contributed by atoms with Gasteiger partial charge in [0.1, 0.15) is 5.69 Å². The summed E-state index contributed by atoms with van der Waals surface area (Å²) >= 11 is 5.92. The summed E-state index contributed by atoms with van der Waals surface area (Å²) in [6.07, 6.45) is 1.10. The van der Waals surface area contributed by atoms with Crippen LogP contribution in [0.25, 0.3) is 5.69 Å². The van der Waals surface area contributed by atoms with Gasteiger partial charge >= 0.3 is 6.09 Å². The van der Waals surface area contributed by atoms with Crippen molar-refractivity contribution in [3.63, 3.8) is 0 Å². The lowest BCUT2D eigenvalue weighted by atomic mass is 10.2. The van der Waals surface area contributed by atoms with E-state index in [1.807, 2.05) is 31.2 Å². The third kappa shape index (κ3) is 4.05. The van der Waals surface area contributed by atoms with Gasteiger partial charge in [-0.15, -0.1) is 10.2 Å². The molecule has 0 fully saturated rings. The minimum atomic E-state index is -0.664. The smallest absolute Gasteiger partial charge is 0.438 e. The van der Waals surface area contributed by atoms with Crippen LogP contribution in [0.1, 0.15) is 5.56 Å². The number of aromatic nitrogens is 2. The molecule has 1 amide bonds. The van der Waals surface area contributed by atoms with Crippen LogP contribution in [-0.4, -0.2) is 30.1 Å². The number of anilines is 1. The maximum atomic E-state index is 12.0. The highest BCUT2D eigenvalue weighted by Gasteiger charge is 2.23. The van der Waals surface area contributed by atoms with E-state index < -0.39 is 6.09 Å². The molecule has 0 radical (unpaired) electrons. The monoisotopic (exact) mass is 387 g/mol. The summed E-state index contributed by atoms with van der Waals surface area (Å²) in [5.74, 6) is 0.765. The summed E-state index contributed by atoms with van der Waals surface area (Å²) < 4.78 is 12.3. The molecule has 3 rings (SSSR count). The molecule has 0 N–H and O–H groups in total. The number of methoxy groups -OCH3 is 1. The third-order valence-electron chi connectivity index (χ3n) is 3.80. The van der Waals surface area contributed by atoms with Crippen molar-refractivity contribution < 1.29 is 19.1 Å². The van der Waals surface area contributed by atoms with E-state index in [0.717, 1.165) is 16.3 Å². The van der Waals surface area contributed by atoms with Crippen molar-refractivity contribution in [3.05, 3.63) is 65.3 Å². The van der Waals surface area contributed by atoms with Crippen LogP contribution in [0.4, 0.5) is 10.5 Å². The zero-order chi connectivity index (χ0) is 19.4. The molecule has 27 heavy (non-hydrogen) atoms. The first-order chi connectivity index (χ1) is 13.0. The standard InChI is InChI=1S/C19H18ClN3O4/c1-13-5-4-6-16(18(13)23(26-3)19(24)25-2)27-17-11-12-22(21-17)15-9-7-14(20)8-10-15/h4-12H,1-3H3. The van der Waals surface area contributed by atoms with E-state index in [1.165, 1.54) is 14.2 Å². The van der Waals surface area contributed by atoms with Crippen molar-refractivity contribution in [1.29, 1.82) is 0 Å². The minimum absolute atomic E-state index is 0.359. The van der Waals surface area contributed by atoms with Crippen LogP contribution >= 0.6 is 11.6 Å². The number of ether oxygens (including phenoxy) is 2. The molecular weight excluding hydrogens is 370 g/mol. The number of amides is 1. The molecule has 0 unspecified atom stereocenters. The molecule has 8 heteroatoms. The van der Waals surface area contributed by atoms with Crippen LogP contribution < -0.4 is 9.80 Å². The summed E-state index contributed by atoms with van der Waals surface area (Å²) in [7, 11) is 2.66. The summed E-state index contributed by atoms with van der Waals surface area (Å²) in [6.45, 7) is 1.84. The number of carbonyl (C=O) groups is 1. The molecule has 7 nitrogen and oxygen atoms in total. The van der Waals surface area contributed by atoms with Crippen LogP contribution in [0.15, 0.2) is 54.7 Å². The quantitative estimate of drug-likeness (QED) is 0.590. The van der Waals surface area contributed by atoms with Gasteiger partial charge in [0.05, 0.1) is 19.9 Å². The summed E-state index contributed by atoms with van der Waals surface area (Å²) in [4.78, 5) is 17.2. The second-order valence-electron chi connectivity index (χ2n) is 5.55. The predicted octanol–water partition coefficient (Wildman–Crippen LogP) is 4.76. The van der Waals surface area contributed by atoms with Gasteiger partial charge in [0.25, 0.3) is 0 Å². The predicted molar refractivity (Wildman–Crippen MR) is 102 cm³/mol. The zero-order valence-electron chi connectivity index (χ0n) is 15.0. The third-order valence-corrected chi connectivity index (χ3v) is 4.05. The molecule has 0 aliphatic rings. The Morgan fingerprint density at radius 2 is 1.85 bits per heavy atom. The number of aryl methyl sites for hydroxylation is 1. The van der Waals surface area contributed by atoms with Crippen LogP contribution in [0, 0.1) is 6.92 Å². The van der Waals surface area contributed by atoms with Gasteiger partial charge in [-0.3, -0.25) is 4.84 Å². The summed E-state index contributed by atoms with van der Waals surface area (Å²) in [5, 5.41) is 6.08. The largest absolute Gasteiger partial charge is 0.451 e. The van der Waals surface area contributed by atoms with Crippen molar-refractivity contribution in [2.24, 2.45) is 0 Å². The molecule has 1 aromatic heterocycles. The highest BCUT2D eigenvalue weighted by Crippen LogP contribution is 2.35. The second kappa shape index (κ2) is 8.11. The Balaban J connectivity index is 1.91. The van der Waals surface area contributed by atoms with Crippen LogP contribution in [0.3, 0.4) is 0 Å². The van der Waals surface area contributed by atoms with E-state index in [4.69, 9.17) is 25.9 Å². The lowest BCUT2D eigenvalue weighted by Crippen LogP contribution is -2.30. The SMILES string of the molecule is COC(=O)N(OC)c1c(C)cccc1Oc1ccn(-c2ccc(Cl)cc2)n1. The summed E-state index contributed by atoms with van der Waals surface area (Å²) in [5.41, 5.74) is 2.05. The fourth-order valence-corrected chi connectivity index (χ4v) is 2.65. The van der Waals surface area contributed by atoms with Crippen LogP contribution in [-0.2, 0) is 9.57 Å². The van der Waals surface area contributed by atoms with E-state index in [-0.39, 0.29) is 0 Å². The molecule has 2 aromatic carbocycles. The van der Waals surface area contributed by atoms with Gasteiger partial charge in [-0.1, -0.05) is 23.7 Å². The normalized spacial score (nSPS) is 10.5. The Labute approximate surface area is 161 Å². The molecule has 0 saturated heterocycles. The van der Waals surface area contributed by atoms with E-state index in [0.29, 0.717) is 22.3 Å². The maximum absolute atomic E-state index is 12.0. The van der Waals surface area contributed by atoms with Gasteiger partial charge in [0.2, 0.25) is 5.88 Å². The zero-order valence-corrected chi connectivity index (χ0v) is 15.8. The molecular formula is C19H18ClN3O4. The average Bonchev–Trinajstić information content (AvgIpc) is 3.13. The van der Waals surface area contributed by atoms with Gasteiger partial charge in [-0.25, -0.2) is 9.48 Å². The van der Waals surface area contributed by atoms with Gasteiger partial charge in [0, 0.05) is 17.3 Å². The molecule has 0 aliphatic carbocycles. The number of halogens is 1. The Morgan fingerprint density at radius 3 is 2.52 bits per heavy atom. The fraction of sp³-hybridized carbons (Fsp3) is 0.158. The number of benzene rings is 2. The van der Waals surface area contributed by atoms with Crippen LogP contribution in [0.5, 0.6) is 11.6 Å². The van der Waals surface area contributed by atoms with Gasteiger partial charge in [-0.05, 0) is 42.8 Å². The van der Waals surface area contributed by atoms with Crippen molar-refractivity contribution >= 4 is 23.4 Å². The Morgan fingerprint density at radius 1 is 1.11 bits per heavy atom. The van der Waals surface area contributed by atoms with Crippen molar-refractivity contribution in [3.8, 4) is 17.3 Å². The van der Waals surface area contributed by atoms with Gasteiger partial charge < -0.3 is 9.47 Å². The number of para-hydroxylation sites is 1. The number of hydrogen-bond acceptors (Lipinski definition) is 5. The van der Waals surface area contributed by atoms with Gasteiger partial charge in [-0.2, -0.15) is 0 Å². The Bertz CT molecular complexity index is 940. The Hall–Kier alpha value is -3.03. The summed E-state index contributed by atoms with van der Waals surface area (Å²) in [6, 6.07) is 14.4. The van der Waals surface area contributed by atoms with Crippen LogP contribution in [0.2, 0.25) is 5.02 Å². The number of carbonyl (C=O) groups excluding carboxylic acids is 1. The van der Waals surface area contributed by atoms with E-state index in [9.17, 15) is 4.79 Å². The number of rotatable bonds is 5. The minimum Gasteiger partial charge on any atom is -0.451 e. The maximum Gasteiger partial charge on any atom is 0.438 e. The molecule has 0 spiro atoms. The van der Waals surface area contributed by atoms with Crippen molar-refractivity contribution in [2.45, 2.75) is 6.92 Å². The highest BCUT2D eigenvalue weighted by atomic mass is 35.5. The molecule has 0 bridgehead atoms.